The lowest BCUT2D eigenvalue weighted by molar-refractivity contribution is 0.0588. The third-order valence-corrected chi connectivity index (χ3v) is 6.03. The molecule has 1 N–H and O–H groups in total. The summed E-state index contributed by atoms with van der Waals surface area (Å²) in [5, 5.41) is 3.43. The van der Waals surface area contributed by atoms with Gasteiger partial charge in [-0.3, -0.25) is 14.2 Å². The lowest BCUT2D eigenvalue weighted by atomic mass is 9.94. The Balaban J connectivity index is 1.54. The standard InChI is InChI=1S/C21H23N3O4/c1-13-6-7-23(15-4-5-17-18(8-15)28-12-27-17)20(25)19(13)21(26)24-11-14-2-3-16(24)10-22-9-14/h4-8,14,16,22H,2-3,9-12H2,1H3/t14-,16+/m1/s1. The van der Waals surface area contributed by atoms with Gasteiger partial charge in [0, 0.05) is 31.4 Å². The number of amides is 1. The Hall–Kier alpha value is -2.80. The van der Waals surface area contributed by atoms with Gasteiger partial charge in [0.1, 0.15) is 5.56 Å². The zero-order valence-corrected chi connectivity index (χ0v) is 15.8. The van der Waals surface area contributed by atoms with Gasteiger partial charge in [0.15, 0.2) is 11.5 Å². The van der Waals surface area contributed by atoms with E-state index >= 15 is 0 Å². The Bertz CT molecular complexity index is 996. The van der Waals surface area contributed by atoms with E-state index in [4.69, 9.17) is 9.47 Å². The van der Waals surface area contributed by atoms with Crippen molar-refractivity contribution in [1.82, 2.24) is 14.8 Å². The molecule has 4 aliphatic rings. The molecule has 0 saturated carbocycles. The molecule has 1 aromatic carbocycles. The van der Waals surface area contributed by atoms with Crippen LogP contribution in [0.4, 0.5) is 0 Å². The van der Waals surface area contributed by atoms with E-state index in [1.807, 2.05) is 17.9 Å². The highest BCUT2D eigenvalue weighted by Crippen LogP contribution is 2.33. The van der Waals surface area contributed by atoms with E-state index in [0.29, 0.717) is 35.2 Å². The van der Waals surface area contributed by atoms with Crippen LogP contribution < -0.4 is 20.3 Å². The lowest BCUT2D eigenvalue weighted by Crippen LogP contribution is -2.49. The van der Waals surface area contributed by atoms with Crippen molar-refractivity contribution in [2.75, 3.05) is 26.4 Å². The quantitative estimate of drug-likeness (QED) is 0.857. The van der Waals surface area contributed by atoms with Gasteiger partial charge in [-0.1, -0.05) is 0 Å². The van der Waals surface area contributed by atoms with Crippen LogP contribution in [-0.4, -0.2) is 47.8 Å². The Morgan fingerprint density at radius 3 is 2.89 bits per heavy atom. The van der Waals surface area contributed by atoms with Crippen LogP contribution in [0.2, 0.25) is 0 Å². The molecular formula is C21H23N3O4. The number of piperidine rings is 1. The summed E-state index contributed by atoms with van der Waals surface area (Å²) < 4.78 is 12.3. The molecule has 0 aliphatic carbocycles. The van der Waals surface area contributed by atoms with Gasteiger partial charge in [0.2, 0.25) is 6.79 Å². The van der Waals surface area contributed by atoms with Gasteiger partial charge < -0.3 is 19.7 Å². The number of pyridine rings is 1. The van der Waals surface area contributed by atoms with E-state index < -0.39 is 0 Å². The monoisotopic (exact) mass is 381 g/mol. The number of carbonyl (C=O) groups is 1. The minimum absolute atomic E-state index is 0.156. The molecule has 2 atom stereocenters. The fraction of sp³-hybridized carbons (Fsp3) is 0.429. The molecule has 2 bridgehead atoms. The van der Waals surface area contributed by atoms with Crippen molar-refractivity contribution < 1.29 is 14.3 Å². The average molecular weight is 381 g/mol. The summed E-state index contributed by atoms with van der Waals surface area (Å²) in [4.78, 5) is 28.6. The minimum Gasteiger partial charge on any atom is -0.454 e. The minimum atomic E-state index is -0.294. The van der Waals surface area contributed by atoms with Gasteiger partial charge in [0.05, 0.1) is 5.69 Å². The third kappa shape index (κ3) is 2.77. The molecule has 3 saturated heterocycles. The first-order valence-electron chi connectivity index (χ1n) is 9.76. The number of hydrogen-bond acceptors (Lipinski definition) is 5. The van der Waals surface area contributed by atoms with Crippen molar-refractivity contribution >= 4 is 5.91 Å². The van der Waals surface area contributed by atoms with Crippen molar-refractivity contribution in [2.45, 2.75) is 25.8 Å². The predicted molar refractivity (Wildman–Crippen MR) is 103 cm³/mol. The van der Waals surface area contributed by atoms with E-state index in [0.717, 1.165) is 25.9 Å². The van der Waals surface area contributed by atoms with Gasteiger partial charge >= 0.3 is 0 Å². The first-order chi connectivity index (χ1) is 13.6. The smallest absolute Gasteiger partial charge is 0.268 e. The van der Waals surface area contributed by atoms with Crippen molar-refractivity contribution in [3.8, 4) is 17.2 Å². The molecule has 0 unspecified atom stereocenters. The molecule has 3 fully saturated rings. The normalized spacial score (nSPS) is 23.0. The first-order valence-corrected chi connectivity index (χ1v) is 9.76. The van der Waals surface area contributed by atoms with Gasteiger partial charge in [-0.2, -0.15) is 0 Å². The third-order valence-electron chi connectivity index (χ3n) is 6.03. The largest absolute Gasteiger partial charge is 0.454 e. The van der Waals surface area contributed by atoms with E-state index in [9.17, 15) is 9.59 Å². The number of aryl methyl sites for hydroxylation is 1. The second kappa shape index (κ2) is 6.67. The molecule has 4 aliphatic heterocycles. The van der Waals surface area contributed by atoms with Crippen LogP contribution in [0.3, 0.4) is 0 Å². The molecule has 7 nitrogen and oxygen atoms in total. The lowest BCUT2D eigenvalue weighted by Gasteiger charge is -2.36. The van der Waals surface area contributed by atoms with E-state index in [2.05, 4.69) is 5.32 Å². The highest BCUT2D eigenvalue weighted by Gasteiger charge is 2.36. The SMILES string of the molecule is Cc1ccn(-c2ccc3c(c2)OCO3)c(=O)c1C(=O)N1C[C@@H]2CC[C@H]1CNC2. The summed E-state index contributed by atoms with van der Waals surface area (Å²) in [5.74, 6) is 1.57. The number of ether oxygens (including phenoxy) is 2. The van der Waals surface area contributed by atoms with Crippen LogP contribution in [0.15, 0.2) is 35.3 Å². The summed E-state index contributed by atoms with van der Waals surface area (Å²) in [7, 11) is 0. The Kier molecular flexibility index (Phi) is 4.12. The highest BCUT2D eigenvalue weighted by molar-refractivity contribution is 5.95. The van der Waals surface area contributed by atoms with Crippen LogP contribution in [-0.2, 0) is 0 Å². The summed E-state index contributed by atoms with van der Waals surface area (Å²) >= 11 is 0. The molecule has 6 rings (SSSR count). The summed E-state index contributed by atoms with van der Waals surface area (Å²) in [5.41, 5.74) is 1.33. The number of aromatic nitrogens is 1. The predicted octanol–water partition coefficient (Wildman–Crippen LogP) is 1.70. The molecule has 2 aromatic rings. The molecule has 5 heterocycles. The Morgan fingerprint density at radius 1 is 1.14 bits per heavy atom. The number of nitrogens with one attached hydrogen (secondary N) is 1. The summed E-state index contributed by atoms with van der Waals surface area (Å²) in [6.07, 6.45) is 3.84. The van der Waals surface area contributed by atoms with Crippen molar-refractivity contribution in [3.05, 3.63) is 51.9 Å². The second-order valence-corrected chi connectivity index (χ2v) is 7.80. The van der Waals surface area contributed by atoms with E-state index in [1.165, 1.54) is 4.57 Å². The van der Waals surface area contributed by atoms with Crippen molar-refractivity contribution in [1.29, 1.82) is 0 Å². The fourth-order valence-corrected chi connectivity index (χ4v) is 4.45. The molecular weight excluding hydrogens is 358 g/mol. The number of benzene rings is 1. The molecule has 0 radical (unpaired) electrons. The van der Waals surface area contributed by atoms with E-state index in [-0.39, 0.29) is 29.9 Å². The first kappa shape index (κ1) is 17.3. The van der Waals surface area contributed by atoms with Crippen LogP contribution in [0, 0.1) is 12.8 Å². The average Bonchev–Trinajstić information content (AvgIpc) is 2.92. The molecule has 1 aromatic heterocycles. The number of hydrogen-bond donors (Lipinski definition) is 1. The molecule has 28 heavy (non-hydrogen) atoms. The van der Waals surface area contributed by atoms with Crippen LogP contribution >= 0.6 is 0 Å². The molecule has 1 amide bonds. The van der Waals surface area contributed by atoms with Crippen molar-refractivity contribution in [3.63, 3.8) is 0 Å². The number of carbonyl (C=O) groups excluding carboxylic acids is 1. The van der Waals surface area contributed by atoms with Gasteiger partial charge in [-0.05, 0) is 56.0 Å². The maximum atomic E-state index is 13.4. The molecule has 146 valence electrons. The maximum absolute atomic E-state index is 13.4. The van der Waals surface area contributed by atoms with Gasteiger partial charge in [-0.25, -0.2) is 0 Å². The fourth-order valence-electron chi connectivity index (χ4n) is 4.45. The molecule has 7 heteroatoms. The van der Waals surface area contributed by atoms with Crippen LogP contribution in [0.1, 0.15) is 28.8 Å². The van der Waals surface area contributed by atoms with E-state index in [1.54, 1.807) is 24.4 Å². The zero-order chi connectivity index (χ0) is 19.3. The highest BCUT2D eigenvalue weighted by atomic mass is 16.7. The van der Waals surface area contributed by atoms with Crippen LogP contribution in [0.5, 0.6) is 11.5 Å². The zero-order valence-electron chi connectivity index (χ0n) is 15.8. The Morgan fingerprint density at radius 2 is 2.00 bits per heavy atom. The maximum Gasteiger partial charge on any atom is 0.268 e. The number of fused-ring (bicyclic) bond motifs is 5. The van der Waals surface area contributed by atoms with Gasteiger partial charge in [-0.15, -0.1) is 0 Å². The summed E-state index contributed by atoms with van der Waals surface area (Å²) in [6.45, 7) is 4.46. The molecule has 0 spiro atoms. The second-order valence-electron chi connectivity index (χ2n) is 7.80. The van der Waals surface area contributed by atoms with Crippen molar-refractivity contribution in [2.24, 2.45) is 5.92 Å². The number of rotatable bonds is 2. The summed E-state index contributed by atoms with van der Waals surface area (Å²) in [6, 6.07) is 7.34. The Labute approximate surface area is 162 Å². The number of nitrogens with zero attached hydrogens (tertiary/aromatic N) is 2. The topological polar surface area (TPSA) is 72.8 Å². The van der Waals surface area contributed by atoms with Crippen LogP contribution in [0.25, 0.3) is 5.69 Å². The van der Waals surface area contributed by atoms with Gasteiger partial charge in [0.25, 0.3) is 11.5 Å².